The highest BCUT2D eigenvalue weighted by Crippen LogP contribution is 2.01. The van der Waals surface area contributed by atoms with Crippen molar-refractivity contribution in [3.8, 4) is 0 Å². The molecule has 60 valence electrons. The monoisotopic (exact) mass is 148 g/mol. The lowest BCUT2D eigenvalue weighted by atomic mass is 10.8. The van der Waals surface area contributed by atoms with Crippen LogP contribution >= 0.6 is 0 Å². The van der Waals surface area contributed by atoms with Crippen LogP contribution in [0.1, 0.15) is 0 Å². The maximum Gasteiger partial charge on any atom is 0.119 e. The van der Waals surface area contributed by atoms with Crippen LogP contribution in [0.3, 0.4) is 0 Å². The summed E-state index contributed by atoms with van der Waals surface area (Å²) in [5.41, 5.74) is 0. The van der Waals surface area contributed by atoms with E-state index in [0.717, 1.165) is 6.67 Å². The molecule has 0 aromatic carbocycles. The lowest BCUT2D eigenvalue weighted by Gasteiger charge is -2.16. The summed E-state index contributed by atoms with van der Waals surface area (Å²) in [6, 6.07) is 0. The maximum absolute atomic E-state index is 4.92. The Kier molecular flexibility index (Phi) is 3.79. The summed E-state index contributed by atoms with van der Waals surface area (Å²) in [6.45, 7) is 1.62. The summed E-state index contributed by atoms with van der Waals surface area (Å²) in [5, 5.41) is 0. The molecule has 0 aliphatic carbocycles. The van der Waals surface area contributed by atoms with Crippen molar-refractivity contribution in [2.24, 2.45) is 0 Å². The van der Waals surface area contributed by atoms with Crippen molar-refractivity contribution in [3.63, 3.8) is 0 Å². The Balaban J connectivity index is 0.000000810. The molecule has 0 aromatic heterocycles. The summed E-state index contributed by atoms with van der Waals surface area (Å²) in [5.74, 6) is 0. The number of hydrogen-bond donors (Lipinski definition) is 0. The third-order valence-electron chi connectivity index (χ3n) is 1.23. The van der Waals surface area contributed by atoms with E-state index >= 15 is 0 Å². The fourth-order valence-electron chi connectivity index (χ4n) is 0.839. The van der Waals surface area contributed by atoms with E-state index in [0.29, 0.717) is 6.73 Å². The van der Waals surface area contributed by atoms with Crippen molar-refractivity contribution < 1.29 is 9.44 Å². The number of rotatable bonds is 2. The second kappa shape index (κ2) is 4.11. The second-order valence-corrected chi connectivity index (χ2v) is 2.20. The van der Waals surface area contributed by atoms with Crippen LogP contribution in [0.25, 0.3) is 0 Å². The Morgan fingerprint density at radius 1 is 1.50 bits per heavy atom. The van der Waals surface area contributed by atoms with E-state index in [2.05, 4.69) is 9.80 Å². The van der Waals surface area contributed by atoms with E-state index in [4.69, 9.17) is 4.74 Å². The quantitative estimate of drug-likeness (QED) is 0.564. The first-order chi connectivity index (χ1) is 4.33. The van der Waals surface area contributed by atoms with Gasteiger partial charge < -0.3 is 14.5 Å². The van der Waals surface area contributed by atoms with Gasteiger partial charge in [0.25, 0.3) is 0 Å². The smallest absolute Gasteiger partial charge is 0.119 e. The molecule has 1 heterocycles. The molecule has 0 N–H and O–H groups in total. The minimum Gasteiger partial charge on any atom is -0.364 e. The summed E-state index contributed by atoms with van der Waals surface area (Å²) < 4.78 is 4.92. The van der Waals surface area contributed by atoms with Gasteiger partial charge in [-0.1, -0.05) is 0 Å². The van der Waals surface area contributed by atoms with E-state index in [1.54, 1.807) is 7.11 Å². The number of hydrogen-bond acceptors (Lipinski definition) is 3. The van der Waals surface area contributed by atoms with Gasteiger partial charge in [-0.3, -0.25) is 4.70 Å². The zero-order valence-corrected chi connectivity index (χ0v) is 6.28. The second-order valence-electron chi connectivity index (χ2n) is 2.20. The van der Waals surface area contributed by atoms with Crippen molar-refractivity contribution in [2.75, 3.05) is 27.6 Å². The van der Waals surface area contributed by atoms with Gasteiger partial charge in [0.1, 0.15) is 6.73 Å². The van der Waals surface area contributed by atoms with Crippen molar-refractivity contribution in [1.82, 2.24) is 9.80 Å². The molecule has 0 radical (unpaired) electrons. The molecule has 0 amide bonds. The van der Waals surface area contributed by atoms with E-state index in [1.807, 2.05) is 19.4 Å². The average molecular weight is 148 g/mol. The first-order valence-corrected chi connectivity index (χ1v) is 2.94. The topological polar surface area (TPSA) is 15.7 Å². The third kappa shape index (κ3) is 2.23. The molecule has 4 heteroatoms. The molecule has 0 aromatic rings. The molecule has 0 saturated heterocycles. The first kappa shape index (κ1) is 9.23. The molecule has 10 heavy (non-hydrogen) atoms. The largest absolute Gasteiger partial charge is 0.364 e. The highest BCUT2D eigenvalue weighted by Gasteiger charge is 2.05. The summed E-state index contributed by atoms with van der Waals surface area (Å²) >= 11 is 0. The van der Waals surface area contributed by atoms with Gasteiger partial charge in [0, 0.05) is 26.6 Å². The van der Waals surface area contributed by atoms with Gasteiger partial charge in [0.2, 0.25) is 0 Å². The highest BCUT2D eigenvalue weighted by atomic mass is 19.0. The minimum atomic E-state index is 0. The zero-order chi connectivity index (χ0) is 6.69. The molecule has 0 spiro atoms. The lowest BCUT2D eigenvalue weighted by Crippen LogP contribution is -2.23. The molecule has 0 unspecified atom stereocenters. The molecular formula is C6H13FN2O. The highest BCUT2D eigenvalue weighted by molar-refractivity contribution is 4.86. The Hall–Kier alpha value is -0.770. The Labute approximate surface area is 60.2 Å². The first-order valence-electron chi connectivity index (χ1n) is 2.94. The van der Waals surface area contributed by atoms with Crippen molar-refractivity contribution in [1.29, 1.82) is 0 Å². The molecule has 0 fully saturated rings. The standard InChI is InChI=1S/C6H12N2O.FH/c1-7-3-4-8(5-7)6-9-2;/h3-4H,5-6H2,1-2H3;1H. The predicted octanol–water partition coefficient (Wildman–Crippen LogP) is 0.419. The van der Waals surface area contributed by atoms with Crippen LogP contribution in [0.2, 0.25) is 0 Å². The van der Waals surface area contributed by atoms with Crippen LogP contribution in [0.4, 0.5) is 4.70 Å². The van der Waals surface area contributed by atoms with Crippen molar-refractivity contribution in [3.05, 3.63) is 12.4 Å². The Morgan fingerprint density at radius 3 is 2.60 bits per heavy atom. The van der Waals surface area contributed by atoms with Gasteiger partial charge in [0.05, 0.1) is 6.67 Å². The van der Waals surface area contributed by atoms with Gasteiger partial charge >= 0.3 is 0 Å². The van der Waals surface area contributed by atoms with E-state index in [-0.39, 0.29) is 4.70 Å². The van der Waals surface area contributed by atoms with Crippen LogP contribution in [0, 0.1) is 0 Å². The number of ether oxygens (including phenoxy) is 1. The molecule has 1 aliphatic rings. The normalized spacial score (nSPS) is 15.8. The molecule has 0 atom stereocenters. The van der Waals surface area contributed by atoms with Crippen LogP contribution in [0.15, 0.2) is 12.4 Å². The summed E-state index contributed by atoms with van der Waals surface area (Å²) in [4.78, 5) is 4.18. The fraction of sp³-hybridized carbons (Fsp3) is 0.667. The van der Waals surface area contributed by atoms with Crippen LogP contribution in [-0.4, -0.2) is 37.4 Å². The van der Waals surface area contributed by atoms with Gasteiger partial charge in [0.15, 0.2) is 0 Å². The van der Waals surface area contributed by atoms with Gasteiger partial charge in [-0.2, -0.15) is 0 Å². The number of methoxy groups -OCH3 is 1. The third-order valence-corrected chi connectivity index (χ3v) is 1.23. The number of halogens is 1. The average Bonchev–Trinajstić information content (AvgIpc) is 2.17. The SMILES string of the molecule is COCN1C=CN(C)C1.F. The molecule has 3 nitrogen and oxygen atoms in total. The van der Waals surface area contributed by atoms with Crippen LogP contribution < -0.4 is 0 Å². The van der Waals surface area contributed by atoms with E-state index in [1.165, 1.54) is 0 Å². The lowest BCUT2D eigenvalue weighted by molar-refractivity contribution is 0.0856. The van der Waals surface area contributed by atoms with Gasteiger partial charge in [-0.25, -0.2) is 0 Å². The number of nitrogens with zero attached hydrogens (tertiary/aromatic N) is 2. The van der Waals surface area contributed by atoms with Gasteiger partial charge in [-0.05, 0) is 0 Å². The van der Waals surface area contributed by atoms with E-state index < -0.39 is 0 Å². The molecule has 1 aliphatic heterocycles. The summed E-state index contributed by atoms with van der Waals surface area (Å²) in [6.07, 6.45) is 4.04. The zero-order valence-electron chi connectivity index (χ0n) is 6.28. The Bertz CT molecular complexity index is 118. The molecular weight excluding hydrogens is 135 g/mol. The molecule has 1 rings (SSSR count). The summed E-state index contributed by atoms with van der Waals surface area (Å²) in [7, 11) is 3.73. The van der Waals surface area contributed by atoms with Crippen molar-refractivity contribution in [2.45, 2.75) is 0 Å². The Morgan fingerprint density at radius 2 is 2.20 bits per heavy atom. The fourth-order valence-corrected chi connectivity index (χ4v) is 0.839. The predicted molar refractivity (Wildman–Crippen MR) is 38.0 cm³/mol. The van der Waals surface area contributed by atoms with Gasteiger partial charge in [-0.15, -0.1) is 0 Å². The van der Waals surface area contributed by atoms with Crippen LogP contribution in [-0.2, 0) is 4.74 Å². The molecule has 0 bridgehead atoms. The minimum absolute atomic E-state index is 0. The maximum atomic E-state index is 4.92. The van der Waals surface area contributed by atoms with Crippen LogP contribution in [0.5, 0.6) is 0 Å². The van der Waals surface area contributed by atoms with E-state index in [9.17, 15) is 0 Å². The van der Waals surface area contributed by atoms with Crippen molar-refractivity contribution >= 4 is 0 Å². The molecule has 0 saturated carbocycles.